The zero-order chi connectivity index (χ0) is 13.7. The van der Waals surface area contributed by atoms with Crippen molar-refractivity contribution >= 4 is 11.9 Å². The molecular formula is C14H21N3O2. The Bertz CT molecular complexity index is 411. The molecule has 0 aliphatic carbocycles. The fourth-order valence-electron chi connectivity index (χ4n) is 2.48. The number of aryl methyl sites for hydroxylation is 1. The molecule has 0 spiro atoms. The predicted octanol–water partition coefficient (Wildman–Crippen LogP) is 2.26. The third-order valence-corrected chi connectivity index (χ3v) is 3.66. The maximum Gasteiger partial charge on any atom is 0.404 e. The third-order valence-electron chi connectivity index (χ3n) is 3.66. The summed E-state index contributed by atoms with van der Waals surface area (Å²) in [5.74, 6) is 1.67. The van der Waals surface area contributed by atoms with Gasteiger partial charge in [0.2, 0.25) is 0 Å². The van der Waals surface area contributed by atoms with E-state index in [1.54, 1.807) is 0 Å². The molecule has 1 aromatic heterocycles. The van der Waals surface area contributed by atoms with Crippen LogP contribution in [0.15, 0.2) is 18.3 Å². The number of pyridine rings is 1. The predicted molar refractivity (Wildman–Crippen MR) is 74.6 cm³/mol. The van der Waals surface area contributed by atoms with E-state index < -0.39 is 6.09 Å². The Labute approximate surface area is 113 Å². The SMILES string of the molecule is Cc1ccc(N2CCC(CCNC(=O)O)CC2)nc1. The van der Waals surface area contributed by atoms with Crippen LogP contribution < -0.4 is 10.2 Å². The van der Waals surface area contributed by atoms with Gasteiger partial charge in [0.05, 0.1) is 0 Å². The molecule has 5 nitrogen and oxygen atoms in total. The van der Waals surface area contributed by atoms with Crippen molar-refractivity contribution in [2.24, 2.45) is 5.92 Å². The van der Waals surface area contributed by atoms with E-state index in [1.165, 1.54) is 5.56 Å². The summed E-state index contributed by atoms with van der Waals surface area (Å²) in [7, 11) is 0. The number of nitrogens with zero attached hydrogens (tertiary/aromatic N) is 2. The van der Waals surface area contributed by atoms with E-state index in [1.807, 2.05) is 13.1 Å². The van der Waals surface area contributed by atoms with E-state index in [2.05, 4.69) is 27.3 Å². The molecule has 1 amide bonds. The van der Waals surface area contributed by atoms with Crippen molar-refractivity contribution in [3.63, 3.8) is 0 Å². The first-order valence-corrected chi connectivity index (χ1v) is 6.79. The van der Waals surface area contributed by atoms with Crippen LogP contribution in [0, 0.1) is 12.8 Å². The van der Waals surface area contributed by atoms with Gasteiger partial charge in [-0.05, 0) is 43.7 Å². The molecule has 1 fully saturated rings. The molecule has 2 heterocycles. The van der Waals surface area contributed by atoms with Gasteiger partial charge in [0.25, 0.3) is 0 Å². The first kappa shape index (κ1) is 13.6. The van der Waals surface area contributed by atoms with Crippen LogP contribution in [0.3, 0.4) is 0 Å². The van der Waals surface area contributed by atoms with Gasteiger partial charge in [-0.3, -0.25) is 0 Å². The highest BCUT2D eigenvalue weighted by atomic mass is 16.4. The standard InChI is InChI=1S/C14H21N3O2/c1-11-2-3-13(16-10-11)17-8-5-12(6-9-17)4-7-15-14(18)19/h2-3,10,12,15H,4-9H2,1H3,(H,18,19). The van der Waals surface area contributed by atoms with Crippen molar-refractivity contribution in [3.8, 4) is 0 Å². The van der Waals surface area contributed by atoms with Crippen molar-refractivity contribution in [2.45, 2.75) is 26.2 Å². The summed E-state index contributed by atoms with van der Waals surface area (Å²) in [5, 5.41) is 11.0. The molecule has 0 atom stereocenters. The minimum Gasteiger partial charge on any atom is -0.465 e. The lowest BCUT2D eigenvalue weighted by molar-refractivity contribution is 0.193. The number of hydrogen-bond donors (Lipinski definition) is 2. The van der Waals surface area contributed by atoms with Gasteiger partial charge in [-0.15, -0.1) is 0 Å². The molecule has 2 rings (SSSR count). The van der Waals surface area contributed by atoms with Gasteiger partial charge in [0, 0.05) is 25.8 Å². The molecule has 104 valence electrons. The molecule has 1 saturated heterocycles. The lowest BCUT2D eigenvalue weighted by Crippen LogP contribution is -2.35. The maximum absolute atomic E-state index is 10.4. The number of piperidine rings is 1. The zero-order valence-electron chi connectivity index (χ0n) is 11.3. The smallest absolute Gasteiger partial charge is 0.404 e. The lowest BCUT2D eigenvalue weighted by Gasteiger charge is -2.32. The van der Waals surface area contributed by atoms with Gasteiger partial charge in [-0.2, -0.15) is 0 Å². The van der Waals surface area contributed by atoms with Crippen LogP contribution in [-0.2, 0) is 0 Å². The number of hydrogen-bond acceptors (Lipinski definition) is 3. The molecule has 1 aromatic rings. The highest BCUT2D eigenvalue weighted by Gasteiger charge is 2.19. The summed E-state index contributed by atoms with van der Waals surface area (Å²) in [4.78, 5) is 17.1. The quantitative estimate of drug-likeness (QED) is 0.874. The van der Waals surface area contributed by atoms with E-state index in [0.717, 1.165) is 38.2 Å². The number of carboxylic acid groups (broad SMARTS) is 1. The molecule has 5 heteroatoms. The van der Waals surface area contributed by atoms with E-state index in [-0.39, 0.29) is 0 Å². The van der Waals surface area contributed by atoms with Crippen LogP contribution in [-0.4, -0.2) is 35.8 Å². The first-order valence-electron chi connectivity index (χ1n) is 6.79. The molecule has 1 aliphatic heterocycles. The van der Waals surface area contributed by atoms with Crippen molar-refractivity contribution in [1.29, 1.82) is 0 Å². The van der Waals surface area contributed by atoms with Crippen molar-refractivity contribution in [2.75, 3.05) is 24.5 Å². The highest BCUT2D eigenvalue weighted by molar-refractivity contribution is 5.64. The summed E-state index contributed by atoms with van der Waals surface area (Å²) in [6.07, 6.45) is 4.12. The fourth-order valence-corrected chi connectivity index (χ4v) is 2.48. The number of aromatic nitrogens is 1. The van der Waals surface area contributed by atoms with Crippen LogP contribution in [0.1, 0.15) is 24.8 Å². The molecule has 0 bridgehead atoms. The Morgan fingerprint density at radius 3 is 2.79 bits per heavy atom. The summed E-state index contributed by atoms with van der Waals surface area (Å²) >= 11 is 0. The minimum atomic E-state index is -0.929. The van der Waals surface area contributed by atoms with Gasteiger partial charge >= 0.3 is 6.09 Å². The molecule has 0 aromatic carbocycles. The Kier molecular flexibility index (Phi) is 4.60. The molecule has 1 aliphatic rings. The zero-order valence-corrected chi connectivity index (χ0v) is 11.3. The Hall–Kier alpha value is -1.78. The number of amides is 1. The lowest BCUT2D eigenvalue weighted by atomic mass is 9.93. The summed E-state index contributed by atoms with van der Waals surface area (Å²) in [6.45, 7) is 4.61. The van der Waals surface area contributed by atoms with Gasteiger partial charge in [-0.25, -0.2) is 9.78 Å². The van der Waals surface area contributed by atoms with Crippen LogP contribution in [0.2, 0.25) is 0 Å². The fraction of sp³-hybridized carbons (Fsp3) is 0.571. The van der Waals surface area contributed by atoms with Crippen molar-refractivity contribution < 1.29 is 9.90 Å². The van der Waals surface area contributed by atoms with Crippen molar-refractivity contribution in [1.82, 2.24) is 10.3 Å². The average Bonchev–Trinajstić information content (AvgIpc) is 2.40. The van der Waals surface area contributed by atoms with Gasteiger partial charge in [0.15, 0.2) is 0 Å². The number of anilines is 1. The van der Waals surface area contributed by atoms with Gasteiger partial charge < -0.3 is 15.3 Å². The summed E-state index contributed by atoms with van der Waals surface area (Å²) in [6, 6.07) is 4.16. The average molecular weight is 263 g/mol. The topological polar surface area (TPSA) is 65.5 Å². The highest BCUT2D eigenvalue weighted by Crippen LogP contribution is 2.23. The van der Waals surface area contributed by atoms with E-state index in [0.29, 0.717) is 12.5 Å². The van der Waals surface area contributed by atoms with Gasteiger partial charge in [0.1, 0.15) is 5.82 Å². The monoisotopic (exact) mass is 263 g/mol. The number of carbonyl (C=O) groups is 1. The van der Waals surface area contributed by atoms with Crippen LogP contribution >= 0.6 is 0 Å². The van der Waals surface area contributed by atoms with E-state index in [4.69, 9.17) is 5.11 Å². The molecule has 0 saturated carbocycles. The molecule has 0 radical (unpaired) electrons. The number of rotatable bonds is 4. The normalized spacial score (nSPS) is 16.4. The Balaban J connectivity index is 1.76. The first-order chi connectivity index (χ1) is 9.15. The Morgan fingerprint density at radius 1 is 1.47 bits per heavy atom. The minimum absolute atomic E-state index is 0.558. The molecule has 2 N–H and O–H groups in total. The second-order valence-electron chi connectivity index (χ2n) is 5.14. The third kappa shape index (κ3) is 4.12. The largest absolute Gasteiger partial charge is 0.465 e. The Morgan fingerprint density at radius 2 is 2.21 bits per heavy atom. The second kappa shape index (κ2) is 6.41. The van der Waals surface area contributed by atoms with E-state index >= 15 is 0 Å². The van der Waals surface area contributed by atoms with Gasteiger partial charge in [-0.1, -0.05) is 6.07 Å². The summed E-state index contributed by atoms with van der Waals surface area (Å²) < 4.78 is 0. The second-order valence-corrected chi connectivity index (χ2v) is 5.14. The number of nitrogens with one attached hydrogen (secondary N) is 1. The molecule has 0 unspecified atom stereocenters. The van der Waals surface area contributed by atoms with Crippen molar-refractivity contribution in [3.05, 3.63) is 23.9 Å². The van der Waals surface area contributed by atoms with Crippen LogP contribution in [0.4, 0.5) is 10.6 Å². The van der Waals surface area contributed by atoms with Crippen LogP contribution in [0.5, 0.6) is 0 Å². The van der Waals surface area contributed by atoms with Crippen LogP contribution in [0.25, 0.3) is 0 Å². The maximum atomic E-state index is 10.4. The molecule has 19 heavy (non-hydrogen) atoms. The van der Waals surface area contributed by atoms with E-state index in [9.17, 15) is 4.79 Å². The summed E-state index contributed by atoms with van der Waals surface area (Å²) in [5.41, 5.74) is 1.18. The molecular weight excluding hydrogens is 242 g/mol.